The van der Waals surface area contributed by atoms with Crippen molar-refractivity contribution in [1.82, 2.24) is 0 Å². The topological polar surface area (TPSA) is 78.9 Å². The zero-order chi connectivity index (χ0) is 19.7. The Hall–Kier alpha value is -2.77. The number of phenolic OH excluding ortho intramolecular Hbond substituents is 1. The van der Waals surface area contributed by atoms with Crippen molar-refractivity contribution in [2.24, 2.45) is 0 Å². The van der Waals surface area contributed by atoms with Crippen molar-refractivity contribution < 1.29 is 18.3 Å². The van der Waals surface area contributed by atoms with E-state index in [-0.39, 0.29) is 10.6 Å². The third-order valence-corrected chi connectivity index (χ3v) is 6.30. The average molecular weight is 398 g/mol. The Morgan fingerprint density at radius 2 is 1.64 bits per heavy atom. The Bertz CT molecular complexity index is 1110. The van der Waals surface area contributed by atoms with Gasteiger partial charge in [0.15, 0.2) is 0 Å². The van der Waals surface area contributed by atoms with Crippen molar-refractivity contribution in [2.45, 2.75) is 11.8 Å². The molecule has 0 unspecified atom stereocenters. The summed E-state index contributed by atoms with van der Waals surface area (Å²) in [7, 11) is -3.76. The second kappa shape index (κ2) is 7.33. The first kappa shape index (κ1) is 18.6. The summed E-state index contributed by atoms with van der Waals surface area (Å²) in [5.41, 5.74) is 2.03. The molecular weight excluding hydrogens is 376 g/mol. The number of nitrogens with zero attached hydrogens (tertiary/aromatic N) is 1. The van der Waals surface area contributed by atoms with E-state index >= 15 is 0 Å². The number of aryl methyl sites for hydroxylation is 1. The van der Waals surface area contributed by atoms with Gasteiger partial charge >= 0.3 is 0 Å². The van der Waals surface area contributed by atoms with Crippen LogP contribution in [0.15, 0.2) is 59.5 Å². The molecule has 1 aliphatic heterocycles. The van der Waals surface area contributed by atoms with Gasteiger partial charge in [0.1, 0.15) is 5.75 Å². The predicted octanol–water partition coefficient (Wildman–Crippen LogP) is 3.49. The highest BCUT2D eigenvalue weighted by atomic mass is 32.2. The minimum Gasteiger partial charge on any atom is -0.505 e. The van der Waals surface area contributed by atoms with E-state index in [1.54, 1.807) is 42.5 Å². The Balaban J connectivity index is 1.81. The number of morpholine rings is 1. The molecule has 0 amide bonds. The number of phenols is 1. The lowest BCUT2D eigenvalue weighted by Gasteiger charge is -2.30. The zero-order valence-corrected chi connectivity index (χ0v) is 16.4. The number of aromatic hydroxyl groups is 1. The molecule has 146 valence electrons. The molecule has 1 saturated heterocycles. The van der Waals surface area contributed by atoms with Gasteiger partial charge in [0.2, 0.25) is 0 Å². The second-order valence-corrected chi connectivity index (χ2v) is 8.54. The third kappa shape index (κ3) is 3.50. The van der Waals surface area contributed by atoms with Crippen LogP contribution in [-0.4, -0.2) is 39.8 Å². The first-order chi connectivity index (χ1) is 13.5. The Morgan fingerprint density at radius 3 is 2.32 bits per heavy atom. The second-order valence-electron chi connectivity index (χ2n) is 6.86. The lowest BCUT2D eigenvalue weighted by molar-refractivity contribution is 0.122. The molecule has 0 bridgehead atoms. The molecule has 7 heteroatoms. The van der Waals surface area contributed by atoms with E-state index in [0.29, 0.717) is 48.5 Å². The summed E-state index contributed by atoms with van der Waals surface area (Å²) in [6, 6.07) is 15.6. The van der Waals surface area contributed by atoms with Crippen molar-refractivity contribution in [2.75, 3.05) is 35.9 Å². The lowest BCUT2D eigenvalue weighted by Crippen LogP contribution is -2.36. The average Bonchev–Trinajstić information content (AvgIpc) is 2.71. The van der Waals surface area contributed by atoms with Gasteiger partial charge in [-0.25, -0.2) is 8.42 Å². The Kier molecular flexibility index (Phi) is 4.87. The van der Waals surface area contributed by atoms with Gasteiger partial charge < -0.3 is 14.7 Å². The summed E-state index contributed by atoms with van der Waals surface area (Å²) in [4.78, 5) is 2.21. The number of anilines is 2. The van der Waals surface area contributed by atoms with E-state index in [1.165, 1.54) is 0 Å². The van der Waals surface area contributed by atoms with Crippen LogP contribution in [0.4, 0.5) is 11.4 Å². The third-order valence-electron chi connectivity index (χ3n) is 4.92. The number of hydrogen-bond donors (Lipinski definition) is 2. The molecule has 6 nitrogen and oxygen atoms in total. The smallest absolute Gasteiger partial charge is 0.261 e. The maximum absolute atomic E-state index is 12.9. The Labute approximate surface area is 164 Å². The van der Waals surface area contributed by atoms with Gasteiger partial charge in [0.25, 0.3) is 10.0 Å². The fraction of sp³-hybridized carbons (Fsp3) is 0.238. The normalized spacial score (nSPS) is 15.0. The van der Waals surface area contributed by atoms with Crippen molar-refractivity contribution >= 4 is 32.2 Å². The van der Waals surface area contributed by atoms with E-state index < -0.39 is 10.0 Å². The summed E-state index contributed by atoms with van der Waals surface area (Å²) in [5.74, 6) is 0.149. The molecule has 0 aromatic heterocycles. The molecule has 0 atom stereocenters. The summed E-state index contributed by atoms with van der Waals surface area (Å²) in [5, 5.41) is 12.1. The summed E-state index contributed by atoms with van der Waals surface area (Å²) < 4.78 is 33.9. The van der Waals surface area contributed by atoms with Crippen LogP contribution in [0.5, 0.6) is 5.75 Å². The predicted molar refractivity (Wildman–Crippen MR) is 111 cm³/mol. The van der Waals surface area contributed by atoms with Crippen LogP contribution >= 0.6 is 0 Å². The highest BCUT2D eigenvalue weighted by Gasteiger charge is 2.21. The molecule has 4 rings (SSSR count). The van der Waals surface area contributed by atoms with Gasteiger partial charge in [-0.1, -0.05) is 42.0 Å². The minimum atomic E-state index is -3.76. The first-order valence-corrected chi connectivity index (χ1v) is 10.6. The van der Waals surface area contributed by atoms with Crippen molar-refractivity contribution in [1.29, 1.82) is 0 Å². The molecular formula is C21H22N2O4S. The standard InChI is InChI=1S/C21H22N2O4S/c1-15-6-8-16(9-7-15)28(25,26)22-19-14-20(23-10-12-27-13-11-23)21(24)18-5-3-2-4-17(18)19/h2-9,14,22,24H,10-13H2,1H3. The van der Waals surface area contributed by atoms with E-state index in [9.17, 15) is 13.5 Å². The molecule has 1 fully saturated rings. The summed E-state index contributed by atoms with van der Waals surface area (Å²) in [6.45, 7) is 4.31. The molecule has 0 aliphatic carbocycles. The van der Waals surface area contributed by atoms with E-state index in [2.05, 4.69) is 4.72 Å². The van der Waals surface area contributed by atoms with Gasteiger partial charge in [-0.2, -0.15) is 0 Å². The van der Waals surface area contributed by atoms with E-state index in [1.807, 2.05) is 24.0 Å². The van der Waals surface area contributed by atoms with Crippen LogP contribution in [0.2, 0.25) is 0 Å². The van der Waals surface area contributed by atoms with Crippen LogP contribution in [0.1, 0.15) is 5.56 Å². The maximum Gasteiger partial charge on any atom is 0.261 e. The molecule has 1 aliphatic rings. The fourth-order valence-electron chi connectivity index (χ4n) is 3.40. The summed E-state index contributed by atoms with van der Waals surface area (Å²) >= 11 is 0. The van der Waals surface area contributed by atoms with Crippen LogP contribution in [0, 0.1) is 6.92 Å². The van der Waals surface area contributed by atoms with Gasteiger partial charge in [-0.05, 0) is 25.1 Å². The van der Waals surface area contributed by atoms with Crippen LogP contribution in [0.25, 0.3) is 10.8 Å². The summed E-state index contributed by atoms with van der Waals surface area (Å²) in [6.07, 6.45) is 0. The quantitative estimate of drug-likeness (QED) is 0.658. The van der Waals surface area contributed by atoms with Crippen LogP contribution < -0.4 is 9.62 Å². The minimum absolute atomic E-state index is 0.149. The number of sulfonamides is 1. The number of rotatable bonds is 4. The van der Waals surface area contributed by atoms with Gasteiger partial charge in [0, 0.05) is 23.9 Å². The number of hydrogen-bond acceptors (Lipinski definition) is 5. The van der Waals surface area contributed by atoms with Crippen molar-refractivity contribution in [3.63, 3.8) is 0 Å². The van der Waals surface area contributed by atoms with E-state index in [0.717, 1.165) is 5.56 Å². The number of nitrogens with one attached hydrogen (secondary N) is 1. The highest BCUT2D eigenvalue weighted by Crippen LogP contribution is 2.40. The molecule has 0 saturated carbocycles. The SMILES string of the molecule is Cc1ccc(S(=O)(=O)Nc2cc(N3CCOCC3)c(O)c3ccccc23)cc1. The number of benzene rings is 3. The van der Waals surface area contributed by atoms with Gasteiger partial charge in [-0.15, -0.1) is 0 Å². The largest absolute Gasteiger partial charge is 0.505 e. The fourth-order valence-corrected chi connectivity index (χ4v) is 4.47. The Morgan fingerprint density at radius 1 is 1.00 bits per heavy atom. The molecule has 1 heterocycles. The van der Waals surface area contributed by atoms with Gasteiger partial charge in [-0.3, -0.25) is 4.72 Å². The van der Waals surface area contributed by atoms with Crippen molar-refractivity contribution in [3.05, 3.63) is 60.2 Å². The monoisotopic (exact) mass is 398 g/mol. The lowest BCUT2D eigenvalue weighted by atomic mass is 10.1. The van der Waals surface area contributed by atoms with Crippen LogP contribution in [0.3, 0.4) is 0 Å². The van der Waals surface area contributed by atoms with Gasteiger partial charge in [0.05, 0.1) is 29.5 Å². The molecule has 3 aromatic rings. The number of fused-ring (bicyclic) bond motifs is 1. The zero-order valence-electron chi connectivity index (χ0n) is 15.6. The van der Waals surface area contributed by atoms with Crippen LogP contribution in [-0.2, 0) is 14.8 Å². The molecule has 2 N–H and O–H groups in total. The molecule has 0 spiro atoms. The molecule has 28 heavy (non-hydrogen) atoms. The van der Waals surface area contributed by atoms with E-state index in [4.69, 9.17) is 4.74 Å². The molecule has 3 aromatic carbocycles. The maximum atomic E-state index is 12.9. The van der Waals surface area contributed by atoms with Crippen molar-refractivity contribution in [3.8, 4) is 5.75 Å². The number of ether oxygens (including phenoxy) is 1. The molecule has 0 radical (unpaired) electrons. The highest BCUT2D eigenvalue weighted by molar-refractivity contribution is 7.92. The first-order valence-electron chi connectivity index (χ1n) is 9.12.